The summed E-state index contributed by atoms with van der Waals surface area (Å²) >= 11 is 6.43. The number of aryl methyl sites for hydroxylation is 3. The number of benzene rings is 2. The van der Waals surface area contributed by atoms with Gasteiger partial charge in [0.2, 0.25) is 5.71 Å². The highest BCUT2D eigenvalue weighted by atomic mass is 35.5. The molecule has 9 heteroatoms. The number of nitrogens with zero attached hydrogens (tertiary/aromatic N) is 3. The molecule has 0 saturated heterocycles. The zero-order valence-electron chi connectivity index (χ0n) is 20.2. The van der Waals surface area contributed by atoms with E-state index in [1.54, 1.807) is 50.2 Å². The molecule has 2 heterocycles. The largest absolute Gasteiger partial charge is 0.440 e. The maximum Gasteiger partial charge on any atom is 0.406 e. The predicted molar refractivity (Wildman–Crippen MR) is 131 cm³/mol. The fourth-order valence-electron chi connectivity index (χ4n) is 3.83. The van der Waals surface area contributed by atoms with Gasteiger partial charge < -0.3 is 9.32 Å². The van der Waals surface area contributed by atoms with Gasteiger partial charge in [-0.1, -0.05) is 67.9 Å². The van der Waals surface area contributed by atoms with Gasteiger partial charge in [-0.25, -0.2) is 0 Å². The Morgan fingerprint density at radius 1 is 1.09 bits per heavy atom. The van der Waals surface area contributed by atoms with E-state index in [2.05, 4.69) is 5.10 Å². The lowest BCUT2D eigenvalue weighted by molar-refractivity contribution is -0.141. The van der Waals surface area contributed by atoms with Crippen molar-refractivity contribution in [3.8, 4) is 11.3 Å². The number of alkyl halides is 3. The molecule has 2 aromatic carbocycles. The van der Waals surface area contributed by atoms with Gasteiger partial charge in [-0.2, -0.15) is 22.8 Å². The summed E-state index contributed by atoms with van der Waals surface area (Å²) in [5.41, 5.74) is 3.09. The molecule has 1 amide bonds. The lowest BCUT2D eigenvalue weighted by Crippen LogP contribution is -2.38. The van der Waals surface area contributed by atoms with Gasteiger partial charge in [-0.05, 0) is 38.0 Å². The molecule has 0 fully saturated rings. The van der Waals surface area contributed by atoms with Crippen LogP contribution in [0.2, 0.25) is 5.02 Å². The molecule has 0 radical (unpaired) electrons. The minimum Gasteiger partial charge on any atom is -0.440 e. The van der Waals surface area contributed by atoms with Crippen LogP contribution >= 0.6 is 11.6 Å². The Morgan fingerprint density at radius 2 is 1.74 bits per heavy atom. The minimum atomic E-state index is -4.57. The lowest BCUT2D eigenvalue weighted by atomic mass is 10.1. The van der Waals surface area contributed by atoms with Crippen molar-refractivity contribution in [2.75, 3.05) is 6.54 Å². The molecule has 0 saturated carbocycles. The highest BCUT2D eigenvalue weighted by Crippen LogP contribution is 2.35. The number of fused-ring (bicyclic) bond motifs is 1. The second-order valence-electron chi connectivity index (χ2n) is 7.93. The van der Waals surface area contributed by atoms with Gasteiger partial charge in [0.25, 0.3) is 5.91 Å². The molecule has 0 N–H and O–H groups in total. The normalized spacial score (nSPS) is 11.3. The molecular formula is C26H27ClF3N3O2. The third kappa shape index (κ3) is 5.70. The molecule has 5 nitrogen and oxygen atoms in total. The van der Waals surface area contributed by atoms with E-state index in [0.29, 0.717) is 27.6 Å². The second-order valence-corrected chi connectivity index (χ2v) is 8.34. The van der Waals surface area contributed by atoms with Crippen LogP contribution in [0.3, 0.4) is 0 Å². The number of hydrogen-bond acceptors (Lipinski definition) is 3. The SMILES string of the molecule is CC.Cc1ccc(-c2c(C)oc3c(C(=O)N(Cc4ccccc4)CC(F)(F)F)c(C)nn23)c(Cl)c1. The topological polar surface area (TPSA) is 50.8 Å². The van der Waals surface area contributed by atoms with Crippen LogP contribution in [0.4, 0.5) is 13.2 Å². The molecule has 0 atom stereocenters. The first-order valence-corrected chi connectivity index (χ1v) is 11.6. The summed E-state index contributed by atoms with van der Waals surface area (Å²) in [5.74, 6) is -0.360. The van der Waals surface area contributed by atoms with E-state index in [1.807, 2.05) is 32.9 Å². The zero-order chi connectivity index (χ0) is 25.9. The van der Waals surface area contributed by atoms with Crippen LogP contribution in [0.5, 0.6) is 0 Å². The van der Waals surface area contributed by atoms with Gasteiger partial charge in [0.05, 0.1) is 10.7 Å². The first-order valence-electron chi connectivity index (χ1n) is 11.2. The van der Waals surface area contributed by atoms with Crippen molar-refractivity contribution in [2.24, 2.45) is 0 Å². The fraction of sp³-hybridized carbons (Fsp3) is 0.308. The van der Waals surface area contributed by atoms with Crippen molar-refractivity contribution in [1.82, 2.24) is 14.5 Å². The third-order valence-electron chi connectivity index (χ3n) is 5.28. The van der Waals surface area contributed by atoms with Crippen molar-refractivity contribution in [3.63, 3.8) is 0 Å². The number of amides is 1. The van der Waals surface area contributed by atoms with Crippen LogP contribution in [0.1, 0.15) is 46.8 Å². The van der Waals surface area contributed by atoms with Crippen LogP contribution in [-0.2, 0) is 6.54 Å². The lowest BCUT2D eigenvalue weighted by Gasteiger charge is -2.23. The van der Waals surface area contributed by atoms with E-state index in [4.69, 9.17) is 16.0 Å². The van der Waals surface area contributed by atoms with E-state index in [9.17, 15) is 18.0 Å². The average molecular weight is 506 g/mol. The van der Waals surface area contributed by atoms with Crippen LogP contribution in [0, 0.1) is 20.8 Å². The molecule has 4 aromatic rings. The number of carbonyl (C=O) groups excluding carboxylic acids is 1. The summed E-state index contributed by atoms with van der Waals surface area (Å²) in [6.07, 6.45) is -4.57. The first kappa shape index (κ1) is 26.3. The molecular weight excluding hydrogens is 479 g/mol. The summed E-state index contributed by atoms with van der Waals surface area (Å²) < 4.78 is 47.3. The van der Waals surface area contributed by atoms with Crippen LogP contribution in [-0.4, -0.2) is 33.1 Å². The number of carbonyl (C=O) groups is 1. The summed E-state index contributed by atoms with van der Waals surface area (Å²) in [5, 5.41) is 4.89. The fourth-order valence-corrected chi connectivity index (χ4v) is 4.16. The van der Waals surface area contributed by atoms with E-state index >= 15 is 0 Å². The summed E-state index contributed by atoms with van der Waals surface area (Å²) in [4.78, 5) is 14.1. The molecule has 0 unspecified atom stereocenters. The number of halogens is 4. The molecule has 0 aliphatic rings. The molecule has 0 aliphatic carbocycles. The van der Waals surface area contributed by atoms with Crippen molar-refractivity contribution in [3.05, 3.63) is 81.7 Å². The van der Waals surface area contributed by atoms with Gasteiger partial charge in [0, 0.05) is 12.1 Å². The summed E-state index contributed by atoms with van der Waals surface area (Å²) in [6, 6.07) is 14.0. The van der Waals surface area contributed by atoms with Crippen molar-refractivity contribution in [1.29, 1.82) is 0 Å². The number of aromatic nitrogens is 2. The maximum absolute atomic E-state index is 13.4. The molecule has 0 spiro atoms. The maximum atomic E-state index is 13.4. The quantitative estimate of drug-likeness (QED) is 0.284. The smallest absolute Gasteiger partial charge is 0.406 e. The molecule has 0 aliphatic heterocycles. The first-order chi connectivity index (χ1) is 16.5. The Labute approximate surface area is 207 Å². The Kier molecular flexibility index (Phi) is 7.95. The molecule has 2 aromatic heterocycles. The Balaban J connectivity index is 0.00000167. The number of rotatable bonds is 5. The van der Waals surface area contributed by atoms with Crippen molar-refractivity contribution >= 4 is 23.2 Å². The minimum absolute atomic E-state index is 0.00670. The Bertz CT molecular complexity index is 1330. The van der Waals surface area contributed by atoms with E-state index in [1.165, 1.54) is 4.52 Å². The van der Waals surface area contributed by atoms with Crippen molar-refractivity contribution in [2.45, 2.75) is 47.3 Å². The highest BCUT2D eigenvalue weighted by molar-refractivity contribution is 6.33. The number of oxazole rings is 1. The predicted octanol–water partition coefficient (Wildman–Crippen LogP) is 7.40. The van der Waals surface area contributed by atoms with Crippen LogP contribution in [0.25, 0.3) is 17.0 Å². The standard InChI is InChI=1S/C24H21ClF3N3O2.C2H6/c1-14-9-10-18(19(25)11-14)21-16(3)33-23-20(15(2)29-31(21)23)22(32)30(13-24(26,27)28)12-17-7-5-4-6-8-17;1-2/h4-11H,12-13H2,1-3H3;1-2H3. The van der Waals surface area contributed by atoms with Gasteiger partial charge in [-0.15, -0.1) is 0 Å². The van der Waals surface area contributed by atoms with Gasteiger partial charge in [0.1, 0.15) is 23.6 Å². The molecule has 186 valence electrons. The molecule has 0 bridgehead atoms. The summed E-state index contributed by atoms with van der Waals surface area (Å²) in [7, 11) is 0. The van der Waals surface area contributed by atoms with Crippen LogP contribution in [0.15, 0.2) is 52.9 Å². The van der Waals surface area contributed by atoms with E-state index in [0.717, 1.165) is 10.5 Å². The Morgan fingerprint density at radius 3 is 2.34 bits per heavy atom. The van der Waals surface area contributed by atoms with E-state index in [-0.39, 0.29) is 23.5 Å². The monoisotopic (exact) mass is 505 g/mol. The molecule has 35 heavy (non-hydrogen) atoms. The highest BCUT2D eigenvalue weighted by Gasteiger charge is 2.36. The second kappa shape index (κ2) is 10.6. The molecule has 4 rings (SSSR count). The third-order valence-corrected chi connectivity index (χ3v) is 5.59. The zero-order valence-corrected chi connectivity index (χ0v) is 21.0. The Hall–Kier alpha value is -3.26. The average Bonchev–Trinajstić information content (AvgIpc) is 3.27. The van der Waals surface area contributed by atoms with Gasteiger partial charge >= 0.3 is 6.18 Å². The van der Waals surface area contributed by atoms with Crippen LogP contribution < -0.4 is 0 Å². The number of hydrogen-bond donors (Lipinski definition) is 0. The van der Waals surface area contributed by atoms with Gasteiger partial charge in [0.15, 0.2) is 0 Å². The van der Waals surface area contributed by atoms with Crippen molar-refractivity contribution < 1.29 is 22.4 Å². The van der Waals surface area contributed by atoms with Gasteiger partial charge in [-0.3, -0.25) is 4.79 Å². The summed E-state index contributed by atoms with van der Waals surface area (Å²) in [6.45, 7) is 7.57. The van der Waals surface area contributed by atoms with E-state index < -0.39 is 18.6 Å².